The highest BCUT2D eigenvalue weighted by molar-refractivity contribution is 5.85. The van der Waals surface area contributed by atoms with E-state index in [1.807, 2.05) is 25.1 Å². The Labute approximate surface area is 150 Å². The second kappa shape index (κ2) is 7.74. The Morgan fingerprint density at radius 2 is 1.62 bits per heavy atom. The first-order chi connectivity index (χ1) is 12.6. The van der Waals surface area contributed by atoms with Crippen LogP contribution in [0.2, 0.25) is 0 Å². The van der Waals surface area contributed by atoms with Gasteiger partial charge in [-0.1, -0.05) is 6.92 Å². The first kappa shape index (κ1) is 17.5. The Hall–Kier alpha value is -3.28. The molecule has 0 radical (unpaired) electrons. The maximum Gasteiger partial charge on any atom is 0.376 e. The van der Waals surface area contributed by atoms with E-state index in [0.717, 1.165) is 11.3 Å². The Bertz CT molecular complexity index is 909. The van der Waals surface area contributed by atoms with Crippen LogP contribution in [0.15, 0.2) is 54.6 Å². The lowest BCUT2D eigenvalue weighted by Crippen LogP contribution is -2.10. The number of nitrogens with zero attached hydrogens (tertiary/aromatic N) is 2. The van der Waals surface area contributed by atoms with Crippen LogP contribution in [0.3, 0.4) is 0 Å². The lowest BCUT2D eigenvalue weighted by atomic mass is 10.1. The highest BCUT2D eigenvalue weighted by Crippen LogP contribution is 2.25. The summed E-state index contributed by atoms with van der Waals surface area (Å²) in [6.07, 6.45) is 0.672. The van der Waals surface area contributed by atoms with Gasteiger partial charge >= 0.3 is 5.97 Å². The predicted octanol–water partition coefficient (Wildman–Crippen LogP) is 4.42. The Morgan fingerprint density at radius 1 is 1.00 bits per heavy atom. The van der Waals surface area contributed by atoms with Gasteiger partial charge in [-0.05, 0) is 61.0 Å². The summed E-state index contributed by atoms with van der Waals surface area (Å²) in [7, 11) is 1.30. The third-order valence-electron chi connectivity index (χ3n) is 3.71. The van der Waals surface area contributed by atoms with Crippen LogP contribution < -0.4 is 4.74 Å². The maximum atomic E-state index is 12.9. The second-order valence-corrected chi connectivity index (χ2v) is 5.49. The summed E-state index contributed by atoms with van der Waals surface area (Å²) in [6, 6.07) is 14.9. The maximum absolute atomic E-state index is 12.9. The minimum atomic E-state index is -0.571. The fraction of sp³-hybridized carbons (Fsp3) is 0.150. The minimum Gasteiger partial charge on any atom is -0.463 e. The van der Waals surface area contributed by atoms with Gasteiger partial charge in [0.15, 0.2) is 0 Å². The topological polar surface area (TPSA) is 61.3 Å². The number of aromatic nitrogens is 2. The highest BCUT2D eigenvalue weighted by Gasteiger charge is 2.13. The van der Waals surface area contributed by atoms with Crippen LogP contribution in [0.25, 0.3) is 11.3 Å². The van der Waals surface area contributed by atoms with E-state index >= 15 is 0 Å². The average Bonchev–Trinajstić information content (AvgIpc) is 2.69. The quantitative estimate of drug-likeness (QED) is 0.636. The summed E-state index contributed by atoms with van der Waals surface area (Å²) in [5.41, 5.74) is 2.20. The Kier molecular flexibility index (Phi) is 5.22. The Morgan fingerprint density at radius 3 is 2.19 bits per heavy atom. The molecule has 0 fully saturated rings. The molecule has 6 heteroatoms. The van der Waals surface area contributed by atoms with E-state index in [1.165, 1.54) is 19.2 Å². The van der Waals surface area contributed by atoms with Gasteiger partial charge in [0.25, 0.3) is 0 Å². The SMILES string of the molecule is CCc1cc(-c2ccc(Oc3ccc(F)cc3)cc2)nc(C(=O)OC)n1. The average molecular weight is 352 g/mol. The molecule has 0 saturated heterocycles. The van der Waals surface area contributed by atoms with E-state index in [-0.39, 0.29) is 11.6 Å². The van der Waals surface area contributed by atoms with Crippen molar-refractivity contribution < 1.29 is 18.7 Å². The van der Waals surface area contributed by atoms with Crippen LogP contribution in [0.5, 0.6) is 11.5 Å². The van der Waals surface area contributed by atoms with Crippen molar-refractivity contribution in [3.05, 3.63) is 71.9 Å². The molecule has 0 N–H and O–H groups in total. The summed E-state index contributed by atoms with van der Waals surface area (Å²) in [5, 5.41) is 0. The normalized spacial score (nSPS) is 10.4. The molecule has 0 amide bonds. The molecular formula is C20H17FN2O3. The molecule has 0 aliphatic rings. The zero-order chi connectivity index (χ0) is 18.5. The lowest BCUT2D eigenvalue weighted by molar-refractivity contribution is 0.0586. The molecule has 26 heavy (non-hydrogen) atoms. The largest absolute Gasteiger partial charge is 0.463 e. The molecule has 1 heterocycles. The molecule has 0 saturated carbocycles. The molecule has 5 nitrogen and oxygen atoms in total. The zero-order valence-electron chi connectivity index (χ0n) is 14.4. The number of hydrogen-bond donors (Lipinski definition) is 0. The van der Waals surface area contributed by atoms with E-state index in [1.54, 1.807) is 24.3 Å². The van der Waals surface area contributed by atoms with Crippen molar-refractivity contribution in [1.29, 1.82) is 0 Å². The monoisotopic (exact) mass is 352 g/mol. The number of hydrogen-bond acceptors (Lipinski definition) is 5. The third kappa shape index (κ3) is 4.03. The van der Waals surface area contributed by atoms with E-state index in [4.69, 9.17) is 9.47 Å². The van der Waals surface area contributed by atoms with Crippen molar-refractivity contribution in [3.63, 3.8) is 0 Å². The molecule has 1 aromatic heterocycles. The summed E-state index contributed by atoms with van der Waals surface area (Å²) in [5.74, 6) is 0.302. The fourth-order valence-electron chi connectivity index (χ4n) is 2.34. The standard InChI is InChI=1S/C20H17FN2O3/c1-3-15-12-18(23-19(22-15)20(24)25-2)13-4-8-16(9-5-13)26-17-10-6-14(21)7-11-17/h4-12H,3H2,1-2H3. The van der Waals surface area contributed by atoms with Gasteiger partial charge in [-0.25, -0.2) is 19.2 Å². The van der Waals surface area contributed by atoms with E-state index < -0.39 is 5.97 Å². The lowest BCUT2D eigenvalue weighted by Gasteiger charge is -2.08. The molecule has 3 rings (SSSR count). The van der Waals surface area contributed by atoms with Gasteiger partial charge in [0.1, 0.15) is 17.3 Å². The molecule has 0 atom stereocenters. The van der Waals surface area contributed by atoms with Crippen molar-refractivity contribution in [1.82, 2.24) is 9.97 Å². The van der Waals surface area contributed by atoms with Crippen molar-refractivity contribution >= 4 is 5.97 Å². The number of methoxy groups -OCH3 is 1. The van der Waals surface area contributed by atoms with Crippen molar-refractivity contribution in [2.24, 2.45) is 0 Å². The third-order valence-corrected chi connectivity index (χ3v) is 3.71. The summed E-state index contributed by atoms with van der Waals surface area (Å²) >= 11 is 0. The molecule has 3 aromatic rings. The van der Waals surface area contributed by atoms with Gasteiger partial charge in [-0.2, -0.15) is 0 Å². The van der Waals surface area contributed by atoms with Gasteiger partial charge in [-0.3, -0.25) is 0 Å². The smallest absolute Gasteiger partial charge is 0.376 e. The van der Waals surface area contributed by atoms with Gasteiger partial charge in [0, 0.05) is 11.3 Å². The molecular weight excluding hydrogens is 335 g/mol. The predicted molar refractivity (Wildman–Crippen MR) is 94.7 cm³/mol. The number of rotatable bonds is 5. The number of carbonyl (C=O) groups is 1. The van der Waals surface area contributed by atoms with Crippen molar-refractivity contribution in [2.45, 2.75) is 13.3 Å². The fourth-order valence-corrected chi connectivity index (χ4v) is 2.34. The number of esters is 1. The molecule has 132 valence electrons. The van der Waals surface area contributed by atoms with Crippen LogP contribution in [-0.2, 0) is 11.2 Å². The van der Waals surface area contributed by atoms with Crippen LogP contribution >= 0.6 is 0 Å². The highest BCUT2D eigenvalue weighted by atomic mass is 19.1. The Balaban J connectivity index is 1.86. The first-order valence-electron chi connectivity index (χ1n) is 8.09. The summed E-state index contributed by atoms with van der Waals surface area (Å²) < 4.78 is 23.3. The van der Waals surface area contributed by atoms with Crippen LogP contribution in [0, 0.1) is 5.82 Å². The molecule has 2 aromatic carbocycles. The van der Waals surface area contributed by atoms with Crippen molar-refractivity contribution in [3.8, 4) is 22.8 Å². The van der Waals surface area contributed by atoms with Gasteiger partial charge in [0.2, 0.25) is 5.82 Å². The minimum absolute atomic E-state index is 0.0356. The number of carbonyl (C=O) groups excluding carboxylic acids is 1. The molecule has 0 aliphatic heterocycles. The first-order valence-corrected chi connectivity index (χ1v) is 8.09. The van der Waals surface area contributed by atoms with Crippen molar-refractivity contribution in [2.75, 3.05) is 7.11 Å². The molecule has 0 bridgehead atoms. The number of benzene rings is 2. The van der Waals surface area contributed by atoms with Crippen LogP contribution in [0.1, 0.15) is 23.2 Å². The van der Waals surface area contributed by atoms with Gasteiger partial charge in [0.05, 0.1) is 12.8 Å². The zero-order valence-corrected chi connectivity index (χ0v) is 14.4. The molecule has 0 spiro atoms. The van der Waals surface area contributed by atoms with E-state index in [2.05, 4.69) is 9.97 Å². The van der Waals surface area contributed by atoms with Gasteiger partial charge < -0.3 is 9.47 Å². The number of halogens is 1. The number of aryl methyl sites for hydroxylation is 1. The second-order valence-electron chi connectivity index (χ2n) is 5.49. The molecule has 0 aliphatic carbocycles. The number of ether oxygens (including phenoxy) is 2. The van der Waals surface area contributed by atoms with E-state index in [9.17, 15) is 9.18 Å². The van der Waals surface area contributed by atoms with Crippen LogP contribution in [-0.4, -0.2) is 23.0 Å². The summed E-state index contributed by atoms with van der Waals surface area (Å²) in [4.78, 5) is 20.2. The van der Waals surface area contributed by atoms with E-state index in [0.29, 0.717) is 23.6 Å². The van der Waals surface area contributed by atoms with Gasteiger partial charge in [-0.15, -0.1) is 0 Å². The summed E-state index contributed by atoms with van der Waals surface area (Å²) in [6.45, 7) is 1.95. The molecule has 0 unspecified atom stereocenters. The van der Waals surface area contributed by atoms with Crippen LogP contribution in [0.4, 0.5) is 4.39 Å².